The van der Waals surface area contributed by atoms with Crippen LogP contribution in [-0.4, -0.2) is 46.8 Å². The molecule has 0 bridgehead atoms. The second-order valence-corrected chi connectivity index (χ2v) is 4.70. The van der Waals surface area contributed by atoms with Crippen molar-refractivity contribution in [1.82, 2.24) is 15.2 Å². The Kier molecular flexibility index (Phi) is 4.48. The van der Waals surface area contributed by atoms with Gasteiger partial charge in [-0.3, -0.25) is 9.88 Å². The van der Waals surface area contributed by atoms with E-state index in [2.05, 4.69) is 34.3 Å². The molecular formula is C13H21N3O. The van der Waals surface area contributed by atoms with Gasteiger partial charge in [0.25, 0.3) is 0 Å². The largest absolute Gasteiger partial charge is 0.396 e. The number of piperazine rings is 1. The number of hydrogen-bond donors (Lipinski definition) is 2. The molecule has 2 heterocycles. The minimum absolute atomic E-state index is 0.256. The predicted molar refractivity (Wildman–Crippen MR) is 67.6 cm³/mol. The van der Waals surface area contributed by atoms with E-state index in [1.807, 2.05) is 12.4 Å². The second-order valence-electron chi connectivity index (χ2n) is 4.70. The average Bonchev–Trinajstić information content (AvgIpc) is 2.35. The monoisotopic (exact) mass is 235 g/mol. The van der Waals surface area contributed by atoms with Crippen molar-refractivity contribution < 1.29 is 5.11 Å². The number of rotatable bonds is 4. The fourth-order valence-electron chi connectivity index (χ4n) is 2.45. The Balaban J connectivity index is 2.04. The maximum Gasteiger partial charge on any atom is 0.0446 e. The first kappa shape index (κ1) is 12.5. The third kappa shape index (κ3) is 3.25. The summed E-state index contributed by atoms with van der Waals surface area (Å²) in [4.78, 5) is 6.52. The molecule has 0 spiro atoms. The summed E-state index contributed by atoms with van der Waals surface area (Å²) in [6, 6.07) is 5.06. The summed E-state index contributed by atoms with van der Waals surface area (Å²) in [5.74, 6) is 0. The first-order chi connectivity index (χ1) is 8.31. The van der Waals surface area contributed by atoms with Crippen LogP contribution in [-0.2, 0) is 6.54 Å². The van der Waals surface area contributed by atoms with E-state index in [0.717, 1.165) is 26.1 Å². The molecule has 94 valence electrons. The van der Waals surface area contributed by atoms with Gasteiger partial charge >= 0.3 is 0 Å². The molecule has 0 amide bonds. The van der Waals surface area contributed by atoms with Crippen LogP contribution in [0.2, 0.25) is 0 Å². The van der Waals surface area contributed by atoms with E-state index in [0.29, 0.717) is 12.1 Å². The minimum Gasteiger partial charge on any atom is -0.396 e. The molecule has 4 nitrogen and oxygen atoms in total. The van der Waals surface area contributed by atoms with Gasteiger partial charge < -0.3 is 10.4 Å². The van der Waals surface area contributed by atoms with Crippen LogP contribution < -0.4 is 5.32 Å². The van der Waals surface area contributed by atoms with Crippen LogP contribution in [0, 0.1) is 0 Å². The van der Waals surface area contributed by atoms with Gasteiger partial charge in [0.05, 0.1) is 0 Å². The molecule has 2 rings (SSSR count). The highest BCUT2D eigenvalue weighted by Crippen LogP contribution is 2.16. The van der Waals surface area contributed by atoms with Gasteiger partial charge in [0.2, 0.25) is 0 Å². The number of aromatic nitrogens is 1. The minimum atomic E-state index is 0.256. The first-order valence-corrected chi connectivity index (χ1v) is 6.27. The van der Waals surface area contributed by atoms with Crippen molar-refractivity contribution in [1.29, 1.82) is 0 Å². The van der Waals surface area contributed by atoms with Crippen molar-refractivity contribution in [2.24, 2.45) is 0 Å². The molecule has 2 unspecified atom stereocenters. The molecule has 0 aliphatic carbocycles. The van der Waals surface area contributed by atoms with Crippen LogP contribution in [0.25, 0.3) is 0 Å². The normalized spacial score (nSPS) is 26.0. The summed E-state index contributed by atoms with van der Waals surface area (Å²) in [5, 5.41) is 12.5. The van der Waals surface area contributed by atoms with E-state index in [1.54, 1.807) is 0 Å². The molecule has 2 atom stereocenters. The molecule has 0 radical (unpaired) electrons. The zero-order chi connectivity index (χ0) is 12.1. The van der Waals surface area contributed by atoms with Gasteiger partial charge in [-0.05, 0) is 31.0 Å². The summed E-state index contributed by atoms with van der Waals surface area (Å²) in [5.41, 5.74) is 1.29. The molecule has 1 aliphatic heterocycles. The van der Waals surface area contributed by atoms with Crippen LogP contribution in [0.15, 0.2) is 24.5 Å². The quantitative estimate of drug-likeness (QED) is 0.803. The van der Waals surface area contributed by atoms with Gasteiger partial charge in [-0.15, -0.1) is 0 Å². The van der Waals surface area contributed by atoms with Gasteiger partial charge in [0, 0.05) is 50.7 Å². The van der Waals surface area contributed by atoms with Gasteiger partial charge in [0.1, 0.15) is 0 Å². The maximum atomic E-state index is 9.12. The Morgan fingerprint density at radius 3 is 2.88 bits per heavy atom. The fourth-order valence-corrected chi connectivity index (χ4v) is 2.45. The lowest BCUT2D eigenvalue weighted by molar-refractivity contribution is 0.0789. The Morgan fingerprint density at radius 1 is 1.41 bits per heavy atom. The van der Waals surface area contributed by atoms with Crippen LogP contribution in [0.5, 0.6) is 0 Å². The molecular weight excluding hydrogens is 214 g/mol. The first-order valence-electron chi connectivity index (χ1n) is 6.27. The van der Waals surface area contributed by atoms with E-state index in [-0.39, 0.29) is 6.61 Å². The Labute approximate surface area is 103 Å². The summed E-state index contributed by atoms with van der Waals surface area (Å²) in [7, 11) is 0. The third-order valence-electron chi connectivity index (χ3n) is 3.43. The van der Waals surface area contributed by atoms with Crippen molar-refractivity contribution in [2.75, 3.05) is 19.7 Å². The number of nitrogens with one attached hydrogen (secondary N) is 1. The van der Waals surface area contributed by atoms with E-state index < -0.39 is 0 Å². The molecule has 0 saturated carbocycles. The standard InChI is InChI=1S/C13H21N3O/c1-11-8-15-9-13(4-7-17)16(11)10-12-2-5-14-6-3-12/h2-3,5-6,11,13,15,17H,4,7-10H2,1H3. The third-order valence-corrected chi connectivity index (χ3v) is 3.43. The van der Waals surface area contributed by atoms with Gasteiger partial charge in [-0.1, -0.05) is 0 Å². The van der Waals surface area contributed by atoms with Gasteiger partial charge in [-0.25, -0.2) is 0 Å². The number of nitrogens with zero attached hydrogens (tertiary/aromatic N) is 2. The highest BCUT2D eigenvalue weighted by atomic mass is 16.3. The van der Waals surface area contributed by atoms with Crippen molar-refractivity contribution in [3.8, 4) is 0 Å². The lowest BCUT2D eigenvalue weighted by Gasteiger charge is -2.41. The van der Waals surface area contributed by atoms with E-state index in [1.165, 1.54) is 5.56 Å². The van der Waals surface area contributed by atoms with Gasteiger partial charge in [0.15, 0.2) is 0 Å². The topological polar surface area (TPSA) is 48.4 Å². The smallest absolute Gasteiger partial charge is 0.0446 e. The molecule has 1 aliphatic rings. The van der Waals surface area contributed by atoms with Crippen molar-refractivity contribution in [3.63, 3.8) is 0 Å². The summed E-state index contributed by atoms with van der Waals surface area (Å²) in [6.45, 7) is 5.42. The molecule has 0 aromatic carbocycles. The van der Waals surface area contributed by atoms with Crippen LogP contribution in [0.3, 0.4) is 0 Å². The summed E-state index contributed by atoms with van der Waals surface area (Å²) < 4.78 is 0. The fraction of sp³-hybridized carbons (Fsp3) is 0.615. The zero-order valence-corrected chi connectivity index (χ0v) is 10.3. The SMILES string of the molecule is CC1CNCC(CCO)N1Cc1ccncc1. The Morgan fingerprint density at radius 2 is 2.18 bits per heavy atom. The predicted octanol–water partition coefficient (Wildman–Crippen LogP) is 0.626. The second kappa shape index (κ2) is 6.10. The Hall–Kier alpha value is -0.970. The van der Waals surface area contributed by atoms with Gasteiger partial charge in [-0.2, -0.15) is 0 Å². The van der Waals surface area contributed by atoms with Crippen LogP contribution >= 0.6 is 0 Å². The molecule has 1 aromatic heterocycles. The van der Waals surface area contributed by atoms with E-state index in [4.69, 9.17) is 5.11 Å². The lowest BCUT2D eigenvalue weighted by atomic mass is 10.0. The van der Waals surface area contributed by atoms with E-state index in [9.17, 15) is 0 Å². The molecule has 1 saturated heterocycles. The number of aliphatic hydroxyl groups excluding tert-OH is 1. The van der Waals surface area contributed by atoms with Crippen molar-refractivity contribution in [3.05, 3.63) is 30.1 Å². The van der Waals surface area contributed by atoms with E-state index >= 15 is 0 Å². The highest BCUT2D eigenvalue weighted by Gasteiger charge is 2.26. The van der Waals surface area contributed by atoms with Crippen LogP contribution in [0.4, 0.5) is 0 Å². The Bertz CT molecular complexity index is 329. The van der Waals surface area contributed by atoms with Crippen molar-refractivity contribution in [2.45, 2.75) is 32.0 Å². The van der Waals surface area contributed by atoms with Crippen molar-refractivity contribution >= 4 is 0 Å². The molecule has 1 fully saturated rings. The zero-order valence-electron chi connectivity index (χ0n) is 10.3. The van der Waals surface area contributed by atoms with Crippen LogP contribution in [0.1, 0.15) is 18.9 Å². The molecule has 17 heavy (non-hydrogen) atoms. The maximum absolute atomic E-state index is 9.12. The molecule has 2 N–H and O–H groups in total. The number of pyridine rings is 1. The summed E-state index contributed by atoms with van der Waals surface area (Å²) >= 11 is 0. The highest BCUT2D eigenvalue weighted by molar-refractivity contribution is 5.10. The number of aliphatic hydroxyl groups is 1. The molecule has 4 heteroatoms. The average molecular weight is 235 g/mol. The number of hydrogen-bond acceptors (Lipinski definition) is 4. The molecule has 1 aromatic rings. The summed E-state index contributed by atoms with van der Waals surface area (Å²) in [6.07, 6.45) is 4.51. The lowest BCUT2D eigenvalue weighted by Crippen LogP contribution is -2.55.